The van der Waals surface area contributed by atoms with E-state index in [0.717, 1.165) is 5.56 Å². The van der Waals surface area contributed by atoms with E-state index in [1.165, 1.54) is 0 Å². The number of hydrogen-bond donors (Lipinski definition) is 2. The molecule has 154 valence electrons. The Morgan fingerprint density at radius 2 is 1.73 bits per heavy atom. The minimum absolute atomic E-state index is 0.199. The molecule has 2 heterocycles. The van der Waals surface area contributed by atoms with Crippen LogP contribution in [0.25, 0.3) is 11.5 Å². The van der Waals surface area contributed by atoms with Gasteiger partial charge in [0.1, 0.15) is 13.2 Å². The molecule has 0 radical (unpaired) electrons. The van der Waals surface area contributed by atoms with E-state index in [2.05, 4.69) is 21.0 Å². The average molecular weight is 408 g/mol. The van der Waals surface area contributed by atoms with Gasteiger partial charge in [-0.25, -0.2) is 0 Å². The molecule has 0 unspecified atom stereocenters. The van der Waals surface area contributed by atoms with Gasteiger partial charge in [-0.05, 0) is 36.8 Å². The highest BCUT2D eigenvalue weighted by Crippen LogP contribution is 2.30. The second kappa shape index (κ2) is 9.08. The molecule has 30 heavy (non-hydrogen) atoms. The molecule has 3 aromatic rings. The Balaban J connectivity index is 1.21. The first-order valence-electron chi connectivity index (χ1n) is 9.56. The van der Waals surface area contributed by atoms with Crippen LogP contribution in [0, 0.1) is 0 Å². The number of nitrogens with one attached hydrogen (secondary N) is 2. The third kappa shape index (κ3) is 4.75. The number of fused-ring (bicyclic) bond motifs is 1. The van der Waals surface area contributed by atoms with Crippen molar-refractivity contribution in [1.82, 2.24) is 21.0 Å². The molecule has 2 N–H and O–H groups in total. The molecule has 9 nitrogen and oxygen atoms in total. The van der Waals surface area contributed by atoms with Gasteiger partial charge in [0.15, 0.2) is 11.5 Å². The summed E-state index contributed by atoms with van der Waals surface area (Å²) >= 11 is 0. The number of aromatic nitrogens is 2. The lowest BCUT2D eigenvalue weighted by molar-refractivity contribution is -0.121. The summed E-state index contributed by atoms with van der Waals surface area (Å²) < 4.78 is 16.5. The smallest absolute Gasteiger partial charge is 0.269 e. The van der Waals surface area contributed by atoms with Crippen LogP contribution in [-0.2, 0) is 11.2 Å². The van der Waals surface area contributed by atoms with Gasteiger partial charge in [-0.2, -0.15) is 0 Å². The number of hydrazine groups is 1. The molecule has 1 aliphatic heterocycles. The molecule has 0 spiro atoms. The fraction of sp³-hybridized carbons (Fsp3) is 0.238. The van der Waals surface area contributed by atoms with Crippen LogP contribution in [-0.4, -0.2) is 35.2 Å². The van der Waals surface area contributed by atoms with Gasteiger partial charge in [0.2, 0.25) is 17.7 Å². The maximum atomic E-state index is 12.2. The van der Waals surface area contributed by atoms with Crippen LogP contribution in [0.2, 0.25) is 0 Å². The molecule has 0 bridgehead atoms. The van der Waals surface area contributed by atoms with Crippen molar-refractivity contribution in [3.05, 3.63) is 60.0 Å². The molecule has 0 aliphatic carbocycles. The van der Waals surface area contributed by atoms with Gasteiger partial charge in [0.25, 0.3) is 5.91 Å². The predicted molar refractivity (Wildman–Crippen MR) is 106 cm³/mol. The Labute approximate surface area is 172 Å². The monoisotopic (exact) mass is 408 g/mol. The summed E-state index contributed by atoms with van der Waals surface area (Å²) in [5, 5.41) is 8.01. The molecular formula is C21H20N4O5. The minimum atomic E-state index is -0.440. The number of hydrogen-bond acceptors (Lipinski definition) is 7. The summed E-state index contributed by atoms with van der Waals surface area (Å²) in [6, 6.07) is 14.3. The second-order valence-corrected chi connectivity index (χ2v) is 6.58. The second-order valence-electron chi connectivity index (χ2n) is 6.58. The molecular weight excluding hydrogens is 388 g/mol. The van der Waals surface area contributed by atoms with Crippen LogP contribution in [0.15, 0.2) is 52.9 Å². The van der Waals surface area contributed by atoms with Gasteiger partial charge in [-0.15, -0.1) is 10.2 Å². The molecule has 0 saturated carbocycles. The van der Waals surface area contributed by atoms with E-state index in [4.69, 9.17) is 13.9 Å². The molecule has 0 atom stereocenters. The van der Waals surface area contributed by atoms with E-state index in [1.807, 2.05) is 30.3 Å². The molecule has 1 aliphatic rings. The molecule has 4 rings (SSSR count). The average Bonchev–Trinajstić information content (AvgIpc) is 3.26. The third-order valence-corrected chi connectivity index (χ3v) is 4.40. The van der Waals surface area contributed by atoms with E-state index < -0.39 is 5.91 Å². The summed E-state index contributed by atoms with van der Waals surface area (Å²) in [7, 11) is 0. The van der Waals surface area contributed by atoms with E-state index in [0.29, 0.717) is 54.9 Å². The van der Waals surface area contributed by atoms with Gasteiger partial charge in [0.05, 0.1) is 0 Å². The minimum Gasteiger partial charge on any atom is -0.486 e. The summed E-state index contributed by atoms with van der Waals surface area (Å²) in [4.78, 5) is 24.2. The number of benzene rings is 2. The highest BCUT2D eigenvalue weighted by molar-refractivity contribution is 5.96. The summed E-state index contributed by atoms with van der Waals surface area (Å²) in [5.41, 5.74) is 6.00. The predicted octanol–water partition coefficient (Wildman–Crippen LogP) is 2.29. The number of rotatable bonds is 6. The number of aryl methyl sites for hydroxylation is 1. The van der Waals surface area contributed by atoms with Gasteiger partial charge in [0, 0.05) is 24.0 Å². The van der Waals surface area contributed by atoms with Crippen molar-refractivity contribution in [1.29, 1.82) is 0 Å². The van der Waals surface area contributed by atoms with Crippen LogP contribution in [0.4, 0.5) is 0 Å². The highest BCUT2D eigenvalue weighted by Gasteiger charge is 2.15. The van der Waals surface area contributed by atoms with Crippen molar-refractivity contribution < 1.29 is 23.5 Å². The number of carbonyl (C=O) groups excluding carboxylic acids is 2. The first kappa shape index (κ1) is 19.4. The van der Waals surface area contributed by atoms with Gasteiger partial charge in [-0.1, -0.05) is 18.2 Å². The largest absolute Gasteiger partial charge is 0.486 e. The molecule has 1 aromatic heterocycles. The van der Waals surface area contributed by atoms with Gasteiger partial charge < -0.3 is 13.9 Å². The van der Waals surface area contributed by atoms with Gasteiger partial charge >= 0.3 is 0 Å². The van der Waals surface area contributed by atoms with Crippen LogP contribution < -0.4 is 20.3 Å². The highest BCUT2D eigenvalue weighted by atomic mass is 16.6. The zero-order valence-electron chi connectivity index (χ0n) is 16.1. The summed E-state index contributed by atoms with van der Waals surface area (Å²) in [6.45, 7) is 0.910. The first-order chi connectivity index (χ1) is 14.7. The van der Waals surface area contributed by atoms with Crippen LogP contribution in [0.3, 0.4) is 0 Å². The maximum Gasteiger partial charge on any atom is 0.269 e. The van der Waals surface area contributed by atoms with E-state index in [9.17, 15) is 9.59 Å². The van der Waals surface area contributed by atoms with E-state index in [1.54, 1.807) is 18.2 Å². The number of carbonyl (C=O) groups is 2. The molecule has 0 fully saturated rings. The van der Waals surface area contributed by atoms with E-state index >= 15 is 0 Å². The Morgan fingerprint density at radius 3 is 2.57 bits per heavy atom. The number of amides is 2. The third-order valence-electron chi connectivity index (χ3n) is 4.40. The zero-order chi connectivity index (χ0) is 20.8. The van der Waals surface area contributed by atoms with E-state index in [-0.39, 0.29) is 12.3 Å². The summed E-state index contributed by atoms with van der Waals surface area (Å²) in [6.07, 6.45) is 1.16. The lowest BCUT2D eigenvalue weighted by Gasteiger charge is -2.18. The normalized spacial score (nSPS) is 12.3. The Kier molecular flexibility index (Phi) is 5.88. The Hall–Kier alpha value is -3.88. The molecule has 0 saturated heterocycles. The standard InChI is InChI=1S/C21H20N4O5/c26-18(7-4-8-19-23-25-21(30-19)14-5-2-1-3-6-14)22-24-20(27)15-9-10-16-17(13-15)29-12-11-28-16/h1-3,5-6,9-10,13H,4,7-8,11-12H2,(H,22,26)(H,24,27). The maximum absolute atomic E-state index is 12.2. The number of ether oxygens (including phenoxy) is 2. The fourth-order valence-corrected chi connectivity index (χ4v) is 2.90. The quantitative estimate of drug-likeness (QED) is 0.601. The zero-order valence-corrected chi connectivity index (χ0v) is 16.1. The SMILES string of the molecule is O=C(CCCc1nnc(-c2ccccc2)o1)NNC(=O)c1ccc2c(c1)OCCO2. The lowest BCUT2D eigenvalue weighted by Crippen LogP contribution is -2.41. The Bertz CT molecular complexity index is 1030. The number of nitrogens with zero attached hydrogens (tertiary/aromatic N) is 2. The lowest BCUT2D eigenvalue weighted by atomic mass is 10.2. The Morgan fingerprint density at radius 1 is 0.933 bits per heavy atom. The fourth-order valence-electron chi connectivity index (χ4n) is 2.90. The molecule has 9 heteroatoms. The van der Waals surface area contributed by atoms with Crippen LogP contribution in [0.5, 0.6) is 11.5 Å². The molecule has 2 amide bonds. The topological polar surface area (TPSA) is 116 Å². The van der Waals surface area contributed by atoms with Crippen molar-refractivity contribution >= 4 is 11.8 Å². The summed E-state index contributed by atoms with van der Waals surface area (Å²) in [5.74, 6) is 1.25. The van der Waals surface area contributed by atoms with Crippen molar-refractivity contribution in [2.24, 2.45) is 0 Å². The first-order valence-corrected chi connectivity index (χ1v) is 9.56. The van der Waals surface area contributed by atoms with Gasteiger partial charge in [-0.3, -0.25) is 20.4 Å². The van der Waals surface area contributed by atoms with Crippen molar-refractivity contribution in [3.63, 3.8) is 0 Å². The molecule has 2 aromatic carbocycles. The van der Waals surface area contributed by atoms with Crippen LogP contribution >= 0.6 is 0 Å². The van der Waals surface area contributed by atoms with Crippen LogP contribution in [0.1, 0.15) is 29.1 Å². The van der Waals surface area contributed by atoms with Crippen molar-refractivity contribution in [3.8, 4) is 23.0 Å². The van der Waals surface area contributed by atoms with Crippen molar-refractivity contribution in [2.45, 2.75) is 19.3 Å². The van der Waals surface area contributed by atoms with Crippen molar-refractivity contribution in [2.75, 3.05) is 13.2 Å².